The number of ether oxygens (including phenoxy) is 1. The molecule has 0 saturated heterocycles. The van der Waals surface area contributed by atoms with Crippen LogP contribution in [0.1, 0.15) is 28.6 Å². The second kappa shape index (κ2) is 10.9. The van der Waals surface area contributed by atoms with Crippen LogP contribution in [0.4, 0.5) is 17.6 Å². The molecule has 0 N–H and O–H groups in total. The zero-order valence-corrected chi connectivity index (χ0v) is 23.6. The smallest absolute Gasteiger partial charge is 0.177 e. The zero-order chi connectivity index (χ0) is 25.4. The van der Waals surface area contributed by atoms with Gasteiger partial charge in [-0.3, -0.25) is 0 Å². The molecule has 3 aromatic rings. The van der Waals surface area contributed by atoms with E-state index in [1.165, 1.54) is 12.1 Å². The fourth-order valence-corrected chi connectivity index (χ4v) is 5.14. The number of rotatable bonds is 8. The van der Waals surface area contributed by atoms with Crippen molar-refractivity contribution in [1.29, 1.82) is 0 Å². The van der Waals surface area contributed by atoms with Crippen LogP contribution in [0, 0.1) is 33.9 Å². The van der Waals surface area contributed by atoms with Crippen molar-refractivity contribution in [2.75, 3.05) is 6.61 Å². The van der Waals surface area contributed by atoms with Gasteiger partial charge in [-0.15, -0.1) is 0 Å². The molecular formula is C23H23Cl2F4IN2OSi. The van der Waals surface area contributed by atoms with E-state index in [0.717, 1.165) is 23.9 Å². The molecule has 11 heteroatoms. The van der Waals surface area contributed by atoms with Crippen molar-refractivity contribution in [3.05, 3.63) is 83.9 Å². The number of hydrogen-bond donors (Lipinski definition) is 0. The minimum Gasteiger partial charge on any atom is -0.361 e. The Morgan fingerprint density at radius 3 is 1.91 bits per heavy atom. The molecule has 2 aromatic carbocycles. The number of aromatic nitrogens is 2. The highest BCUT2D eigenvalue weighted by atomic mass is 127. The molecule has 0 fully saturated rings. The van der Waals surface area contributed by atoms with Gasteiger partial charge < -0.3 is 9.30 Å². The van der Waals surface area contributed by atoms with Gasteiger partial charge in [-0.1, -0.05) is 42.8 Å². The Labute approximate surface area is 220 Å². The fraction of sp³-hybridized carbons (Fsp3) is 0.348. The van der Waals surface area contributed by atoms with Crippen molar-refractivity contribution in [3.63, 3.8) is 0 Å². The Hall–Kier alpha value is -1.14. The fourth-order valence-electron chi connectivity index (χ4n) is 3.42. The van der Waals surface area contributed by atoms with E-state index in [9.17, 15) is 17.6 Å². The van der Waals surface area contributed by atoms with Crippen LogP contribution in [-0.2, 0) is 11.5 Å². The maximum Gasteiger partial charge on any atom is 0.177 e. The van der Waals surface area contributed by atoms with E-state index in [1.54, 1.807) is 4.57 Å². The molecule has 184 valence electrons. The number of benzene rings is 2. The summed E-state index contributed by atoms with van der Waals surface area (Å²) in [5, 5.41) is -0.880. The van der Waals surface area contributed by atoms with Crippen LogP contribution in [0.3, 0.4) is 0 Å². The van der Waals surface area contributed by atoms with Gasteiger partial charge in [-0.25, -0.2) is 22.5 Å². The predicted octanol–water partition coefficient (Wildman–Crippen LogP) is 8.15. The molecule has 1 aromatic heterocycles. The van der Waals surface area contributed by atoms with Gasteiger partial charge in [0.2, 0.25) is 0 Å². The minimum atomic E-state index is -1.32. The standard InChI is InChI=1S/C23H23Cl2F4IN2OSi/c1-12-22(30)31-23(32(12)11-33-5-6-34(2,3)4)19(13-7-15(24)20(28)17(26)9-13)14-8-16(25)21(29)18(27)10-14/h7-10,19H,5-6,11H2,1-4H3. The summed E-state index contributed by atoms with van der Waals surface area (Å²) in [5.41, 5.74) is 1.18. The molecule has 0 aliphatic carbocycles. The molecule has 0 unspecified atom stereocenters. The summed E-state index contributed by atoms with van der Waals surface area (Å²) < 4.78 is 64.9. The third-order valence-corrected chi connectivity index (χ3v) is 8.62. The van der Waals surface area contributed by atoms with E-state index in [0.29, 0.717) is 16.1 Å². The average Bonchev–Trinajstić information content (AvgIpc) is 3.00. The van der Waals surface area contributed by atoms with E-state index in [1.807, 2.05) is 6.92 Å². The van der Waals surface area contributed by atoms with Gasteiger partial charge in [0, 0.05) is 14.7 Å². The normalized spacial score (nSPS) is 12.1. The average molecular weight is 645 g/mol. The van der Waals surface area contributed by atoms with Crippen LogP contribution < -0.4 is 0 Å². The highest BCUT2D eigenvalue weighted by Gasteiger charge is 2.28. The van der Waals surface area contributed by atoms with E-state index < -0.39 is 47.3 Å². The third-order valence-electron chi connectivity index (χ3n) is 5.35. The SMILES string of the molecule is Cc1c(I)nc(C(c2cc(F)c(F)c(Cl)c2)c2cc(F)c(F)c(Cl)c2)n1COCC[Si](C)(C)C. The number of nitrogens with zero attached hydrogens (tertiary/aromatic N) is 2. The molecule has 0 radical (unpaired) electrons. The van der Waals surface area contributed by atoms with Crippen LogP contribution in [0.15, 0.2) is 24.3 Å². The third kappa shape index (κ3) is 6.15. The van der Waals surface area contributed by atoms with Crippen molar-refractivity contribution >= 4 is 53.9 Å². The molecule has 0 bridgehead atoms. The summed E-state index contributed by atoms with van der Waals surface area (Å²) in [6.45, 7) is 9.25. The lowest BCUT2D eigenvalue weighted by atomic mass is 9.90. The zero-order valence-electron chi connectivity index (χ0n) is 19.0. The summed E-state index contributed by atoms with van der Waals surface area (Å²) in [4.78, 5) is 4.61. The van der Waals surface area contributed by atoms with E-state index in [-0.39, 0.29) is 17.9 Å². The van der Waals surface area contributed by atoms with Gasteiger partial charge in [0.1, 0.15) is 16.3 Å². The van der Waals surface area contributed by atoms with Crippen molar-refractivity contribution in [3.8, 4) is 0 Å². The number of halogens is 7. The molecule has 34 heavy (non-hydrogen) atoms. The monoisotopic (exact) mass is 644 g/mol. The van der Waals surface area contributed by atoms with Crippen LogP contribution in [0.5, 0.6) is 0 Å². The second-order valence-electron chi connectivity index (χ2n) is 9.15. The maximum atomic E-state index is 14.3. The van der Waals surface area contributed by atoms with E-state index >= 15 is 0 Å². The largest absolute Gasteiger partial charge is 0.361 e. The van der Waals surface area contributed by atoms with Gasteiger partial charge in [-0.05, 0) is 71.0 Å². The molecule has 0 aliphatic rings. The first-order chi connectivity index (χ1) is 15.8. The molecular weight excluding hydrogens is 622 g/mol. The van der Waals surface area contributed by atoms with Crippen LogP contribution in [-0.4, -0.2) is 24.2 Å². The molecule has 0 atom stereocenters. The molecule has 1 heterocycles. The first kappa shape index (κ1) is 27.4. The summed E-state index contributed by atoms with van der Waals surface area (Å²) in [7, 11) is -1.32. The molecule has 0 spiro atoms. The lowest BCUT2D eigenvalue weighted by molar-refractivity contribution is 0.0836. The minimum absolute atomic E-state index is 0.146. The van der Waals surface area contributed by atoms with Crippen LogP contribution in [0.25, 0.3) is 0 Å². The van der Waals surface area contributed by atoms with Crippen LogP contribution in [0.2, 0.25) is 35.7 Å². The first-order valence-corrected chi connectivity index (χ1v) is 15.9. The van der Waals surface area contributed by atoms with Gasteiger partial charge in [0.05, 0.1) is 21.7 Å². The topological polar surface area (TPSA) is 27.1 Å². The highest BCUT2D eigenvalue weighted by Crippen LogP contribution is 2.37. The lowest BCUT2D eigenvalue weighted by Gasteiger charge is -2.22. The Kier molecular flexibility index (Phi) is 8.76. The molecule has 0 amide bonds. The van der Waals surface area contributed by atoms with Crippen molar-refractivity contribution in [2.45, 2.75) is 45.3 Å². The van der Waals surface area contributed by atoms with E-state index in [4.69, 9.17) is 27.9 Å². The van der Waals surface area contributed by atoms with Crippen molar-refractivity contribution in [1.82, 2.24) is 9.55 Å². The van der Waals surface area contributed by atoms with Crippen molar-refractivity contribution in [2.24, 2.45) is 0 Å². The van der Waals surface area contributed by atoms with Gasteiger partial charge >= 0.3 is 0 Å². The molecule has 0 aliphatic heterocycles. The summed E-state index contributed by atoms with van der Waals surface area (Å²) in [6, 6.07) is 5.37. The molecule has 3 nitrogen and oxygen atoms in total. The van der Waals surface area contributed by atoms with Crippen molar-refractivity contribution < 1.29 is 22.3 Å². The quantitative estimate of drug-likeness (QED) is 0.0814. The summed E-state index contributed by atoms with van der Waals surface area (Å²) in [5.74, 6) is -5.29. The van der Waals surface area contributed by atoms with Crippen LogP contribution >= 0.6 is 45.8 Å². The Bertz CT molecular complexity index is 1110. The first-order valence-electron chi connectivity index (χ1n) is 10.4. The Morgan fingerprint density at radius 2 is 1.47 bits per heavy atom. The van der Waals surface area contributed by atoms with E-state index in [2.05, 4.69) is 47.2 Å². The summed E-state index contributed by atoms with van der Waals surface area (Å²) in [6.07, 6.45) is 0. The Balaban J connectivity index is 2.15. The number of imidazole rings is 1. The second-order valence-corrected chi connectivity index (χ2v) is 16.6. The van der Waals surface area contributed by atoms with Gasteiger partial charge in [0.15, 0.2) is 23.3 Å². The predicted molar refractivity (Wildman–Crippen MR) is 137 cm³/mol. The molecule has 3 rings (SSSR count). The Morgan fingerprint density at radius 1 is 0.971 bits per heavy atom. The maximum absolute atomic E-state index is 14.3. The molecule has 0 saturated carbocycles. The number of hydrogen-bond acceptors (Lipinski definition) is 2. The lowest BCUT2D eigenvalue weighted by Crippen LogP contribution is -2.22. The highest BCUT2D eigenvalue weighted by molar-refractivity contribution is 14.1. The van der Waals surface area contributed by atoms with Gasteiger partial charge in [-0.2, -0.15) is 0 Å². The van der Waals surface area contributed by atoms with Gasteiger partial charge in [0.25, 0.3) is 0 Å². The summed E-state index contributed by atoms with van der Waals surface area (Å²) >= 11 is 13.9.